The van der Waals surface area contributed by atoms with Gasteiger partial charge in [0.05, 0.1) is 11.4 Å². The van der Waals surface area contributed by atoms with Gasteiger partial charge in [-0.05, 0) is 24.5 Å². The molecule has 90 valence electrons. The molecule has 2 rings (SSSR count). The minimum atomic E-state index is 0.562. The van der Waals surface area contributed by atoms with Gasteiger partial charge < -0.3 is 5.73 Å². The highest BCUT2D eigenvalue weighted by atomic mass is 32.1. The standard InChI is InChI=1S/C13H17N3S/c1-9(2)7-11-12(8-14)17-13(16-11)10-5-3-4-6-15-10/h3-6,9H,7-8,14H2,1-2H3. The zero-order valence-corrected chi connectivity index (χ0v) is 11.0. The van der Waals surface area contributed by atoms with E-state index in [-0.39, 0.29) is 0 Å². The molecular weight excluding hydrogens is 230 g/mol. The third-order valence-corrected chi connectivity index (χ3v) is 3.59. The van der Waals surface area contributed by atoms with Gasteiger partial charge >= 0.3 is 0 Å². The fraction of sp³-hybridized carbons (Fsp3) is 0.385. The maximum atomic E-state index is 5.77. The van der Waals surface area contributed by atoms with E-state index in [4.69, 9.17) is 5.73 Å². The number of nitrogens with zero attached hydrogens (tertiary/aromatic N) is 2. The van der Waals surface area contributed by atoms with Crippen molar-refractivity contribution >= 4 is 11.3 Å². The first kappa shape index (κ1) is 12.2. The van der Waals surface area contributed by atoms with Crippen LogP contribution >= 0.6 is 11.3 Å². The molecule has 2 aromatic rings. The Kier molecular flexibility index (Phi) is 3.86. The zero-order valence-electron chi connectivity index (χ0n) is 10.2. The average molecular weight is 247 g/mol. The highest BCUT2D eigenvalue weighted by Crippen LogP contribution is 2.27. The van der Waals surface area contributed by atoms with Gasteiger partial charge in [-0.25, -0.2) is 4.98 Å². The lowest BCUT2D eigenvalue weighted by Gasteiger charge is -2.02. The molecule has 2 N–H and O–H groups in total. The summed E-state index contributed by atoms with van der Waals surface area (Å²) in [5, 5.41) is 0.974. The molecule has 0 unspecified atom stereocenters. The van der Waals surface area contributed by atoms with Crippen molar-refractivity contribution < 1.29 is 0 Å². The quantitative estimate of drug-likeness (QED) is 0.903. The van der Waals surface area contributed by atoms with Gasteiger partial charge in [-0.3, -0.25) is 4.98 Å². The second kappa shape index (κ2) is 5.38. The van der Waals surface area contributed by atoms with Gasteiger partial charge in [0.1, 0.15) is 5.01 Å². The van der Waals surface area contributed by atoms with Gasteiger partial charge in [0.15, 0.2) is 0 Å². The van der Waals surface area contributed by atoms with Gasteiger partial charge in [-0.1, -0.05) is 19.9 Å². The molecule has 0 aromatic carbocycles. The summed E-state index contributed by atoms with van der Waals surface area (Å²) >= 11 is 1.66. The summed E-state index contributed by atoms with van der Waals surface area (Å²) in [6.07, 6.45) is 2.77. The molecular formula is C13H17N3S. The van der Waals surface area contributed by atoms with Gasteiger partial charge in [0.25, 0.3) is 0 Å². The lowest BCUT2D eigenvalue weighted by atomic mass is 10.1. The Morgan fingerprint density at radius 2 is 2.18 bits per heavy atom. The van der Waals surface area contributed by atoms with E-state index < -0.39 is 0 Å². The number of thiazole rings is 1. The molecule has 0 radical (unpaired) electrons. The predicted molar refractivity (Wildman–Crippen MR) is 71.8 cm³/mol. The van der Waals surface area contributed by atoms with Crippen LogP contribution in [0.4, 0.5) is 0 Å². The molecule has 0 atom stereocenters. The Hall–Kier alpha value is -1.26. The van der Waals surface area contributed by atoms with Crippen LogP contribution in [0.1, 0.15) is 24.4 Å². The summed E-state index contributed by atoms with van der Waals surface area (Å²) in [5.74, 6) is 0.596. The number of hydrogen-bond acceptors (Lipinski definition) is 4. The van der Waals surface area contributed by atoms with E-state index in [1.54, 1.807) is 17.5 Å². The molecule has 2 aromatic heterocycles. The number of aromatic nitrogens is 2. The maximum Gasteiger partial charge on any atom is 0.142 e. The summed E-state index contributed by atoms with van der Waals surface area (Å²) in [7, 11) is 0. The van der Waals surface area contributed by atoms with Gasteiger partial charge in [0, 0.05) is 17.6 Å². The summed E-state index contributed by atoms with van der Waals surface area (Å²) in [6, 6.07) is 5.88. The van der Waals surface area contributed by atoms with Crippen molar-refractivity contribution in [1.29, 1.82) is 0 Å². The third kappa shape index (κ3) is 2.90. The second-order valence-electron chi connectivity index (χ2n) is 4.41. The number of hydrogen-bond donors (Lipinski definition) is 1. The average Bonchev–Trinajstić information content (AvgIpc) is 2.72. The monoisotopic (exact) mass is 247 g/mol. The molecule has 0 aliphatic rings. The first-order valence-electron chi connectivity index (χ1n) is 5.80. The Bertz CT molecular complexity index is 477. The van der Waals surface area contributed by atoms with Crippen molar-refractivity contribution in [1.82, 2.24) is 9.97 Å². The van der Waals surface area contributed by atoms with Crippen LogP contribution < -0.4 is 5.73 Å². The first-order valence-corrected chi connectivity index (χ1v) is 6.62. The molecule has 0 aliphatic carbocycles. The van der Waals surface area contributed by atoms with Crippen LogP contribution in [0.5, 0.6) is 0 Å². The summed E-state index contributed by atoms with van der Waals surface area (Å²) in [4.78, 5) is 10.2. The van der Waals surface area contributed by atoms with E-state index in [2.05, 4.69) is 23.8 Å². The Balaban J connectivity index is 2.34. The largest absolute Gasteiger partial charge is 0.326 e. The van der Waals surface area contributed by atoms with Gasteiger partial charge in [-0.15, -0.1) is 11.3 Å². The normalized spacial score (nSPS) is 11.1. The summed E-state index contributed by atoms with van der Waals surface area (Å²) < 4.78 is 0. The number of nitrogens with two attached hydrogens (primary N) is 1. The molecule has 0 amide bonds. The molecule has 4 heteroatoms. The molecule has 0 saturated carbocycles. The molecule has 0 fully saturated rings. The SMILES string of the molecule is CC(C)Cc1nc(-c2ccccn2)sc1CN. The van der Waals surface area contributed by atoms with Gasteiger partial charge in [-0.2, -0.15) is 0 Å². The minimum absolute atomic E-state index is 0.562. The van der Waals surface area contributed by atoms with E-state index in [9.17, 15) is 0 Å². The summed E-state index contributed by atoms with van der Waals surface area (Å²) in [6.45, 7) is 4.95. The summed E-state index contributed by atoms with van der Waals surface area (Å²) in [5.41, 5.74) is 7.83. The number of pyridine rings is 1. The van der Waals surface area contributed by atoms with Crippen LogP contribution in [0.15, 0.2) is 24.4 Å². The molecule has 17 heavy (non-hydrogen) atoms. The highest BCUT2D eigenvalue weighted by molar-refractivity contribution is 7.15. The second-order valence-corrected chi connectivity index (χ2v) is 5.49. The van der Waals surface area contributed by atoms with Crippen molar-refractivity contribution in [2.75, 3.05) is 0 Å². The lowest BCUT2D eigenvalue weighted by molar-refractivity contribution is 0.634. The van der Waals surface area contributed by atoms with Crippen molar-refractivity contribution in [2.45, 2.75) is 26.8 Å². The van der Waals surface area contributed by atoms with E-state index in [0.29, 0.717) is 12.5 Å². The zero-order chi connectivity index (χ0) is 12.3. The molecule has 3 nitrogen and oxygen atoms in total. The van der Waals surface area contributed by atoms with Gasteiger partial charge in [0.2, 0.25) is 0 Å². The van der Waals surface area contributed by atoms with E-state index >= 15 is 0 Å². The molecule has 2 heterocycles. The Labute approximate surface area is 106 Å². The molecule has 0 saturated heterocycles. The fourth-order valence-electron chi connectivity index (χ4n) is 1.69. The van der Waals surface area contributed by atoms with E-state index in [0.717, 1.165) is 22.8 Å². The molecule has 0 aliphatic heterocycles. The predicted octanol–water partition coefficient (Wildman–Crippen LogP) is 2.86. The van der Waals surface area contributed by atoms with E-state index in [1.807, 2.05) is 18.2 Å². The smallest absolute Gasteiger partial charge is 0.142 e. The topological polar surface area (TPSA) is 51.8 Å². The fourth-order valence-corrected chi connectivity index (χ4v) is 2.63. The van der Waals surface area contributed by atoms with E-state index in [1.165, 1.54) is 4.88 Å². The van der Waals surface area contributed by atoms with Crippen molar-refractivity contribution in [3.8, 4) is 10.7 Å². The van der Waals surface area contributed by atoms with Crippen molar-refractivity contribution in [3.05, 3.63) is 35.0 Å². The van der Waals surface area contributed by atoms with Crippen molar-refractivity contribution in [3.63, 3.8) is 0 Å². The Morgan fingerprint density at radius 3 is 2.76 bits per heavy atom. The van der Waals surface area contributed by atoms with Crippen LogP contribution in [0.3, 0.4) is 0 Å². The molecule has 0 bridgehead atoms. The van der Waals surface area contributed by atoms with Crippen LogP contribution in [0, 0.1) is 5.92 Å². The Morgan fingerprint density at radius 1 is 1.35 bits per heavy atom. The van der Waals surface area contributed by atoms with Crippen LogP contribution in [0.25, 0.3) is 10.7 Å². The van der Waals surface area contributed by atoms with Crippen molar-refractivity contribution in [2.24, 2.45) is 11.7 Å². The third-order valence-electron chi connectivity index (χ3n) is 2.45. The minimum Gasteiger partial charge on any atom is -0.326 e. The van der Waals surface area contributed by atoms with Crippen LogP contribution in [-0.2, 0) is 13.0 Å². The van der Waals surface area contributed by atoms with Crippen LogP contribution in [0.2, 0.25) is 0 Å². The lowest BCUT2D eigenvalue weighted by Crippen LogP contribution is -2.02. The van der Waals surface area contributed by atoms with Crippen LogP contribution in [-0.4, -0.2) is 9.97 Å². The highest BCUT2D eigenvalue weighted by Gasteiger charge is 2.13. The molecule has 0 spiro atoms. The maximum absolute atomic E-state index is 5.77. The first-order chi connectivity index (χ1) is 8.20. The number of rotatable bonds is 4.